The van der Waals surface area contributed by atoms with Crippen LogP contribution in [0.1, 0.15) is 38.7 Å². The van der Waals surface area contributed by atoms with Gasteiger partial charge >= 0.3 is 0 Å². The molecule has 4 rings (SSSR count). The molecule has 1 aliphatic heterocycles. The van der Waals surface area contributed by atoms with E-state index in [1.54, 1.807) is 29.6 Å². The molecule has 2 aromatic carbocycles. The number of hydrogen-bond acceptors (Lipinski definition) is 6. The molecule has 32 heavy (non-hydrogen) atoms. The van der Waals surface area contributed by atoms with Crippen LogP contribution in [-0.2, 0) is 11.3 Å². The molecule has 0 spiro atoms. The number of carbonyl (C=O) groups excluding carboxylic acids is 2. The summed E-state index contributed by atoms with van der Waals surface area (Å²) in [6.45, 7) is 1.31. The number of amides is 2. The Bertz CT molecular complexity index is 1080. The van der Waals surface area contributed by atoms with E-state index in [2.05, 4.69) is 15.6 Å². The highest BCUT2D eigenvalue weighted by Crippen LogP contribution is 2.19. The normalized spacial score (nSPS) is 15.3. The third kappa shape index (κ3) is 5.68. The molecule has 1 fully saturated rings. The van der Waals surface area contributed by atoms with Crippen molar-refractivity contribution in [3.8, 4) is 5.75 Å². The number of para-hydroxylation sites is 1. The zero-order valence-electron chi connectivity index (χ0n) is 17.2. The maximum Gasteiger partial charge on any atom is 0.275 e. The Morgan fingerprint density at radius 2 is 1.97 bits per heavy atom. The van der Waals surface area contributed by atoms with Crippen LogP contribution in [0.2, 0.25) is 0 Å². The lowest BCUT2D eigenvalue weighted by Crippen LogP contribution is -2.32. The minimum absolute atomic E-state index is 0.0336. The van der Waals surface area contributed by atoms with E-state index in [0.29, 0.717) is 28.6 Å². The number of hydrogen-bond donors (Lipinski definition) is 2. The van der Waals surface area contributed by atoms with Gasteiger partial charge in [-0.25, -0.2) is 9.37 Å². The maximum atomic E-state index is 13.0. The van der Waals surface area contributed by atoms with Gasteiger partial charge in [0.2, 0.25) is 0 Å². The Labute approximate surface area is 188 Å². The molecule has 0 bridgehead atoms. The van der Waals surface area contributed by atoms with Crippen LogP contribution < -0.4 is 15.4 Å². The molecule has 0 aliphatic carbocycles. The number of nitrogens with zero attached hydrogens (tertiary/aromatic N) is 1. The van der Waals surface area contributed by atoms with Crippen LogP contribution >= 0.6 is 11.3 Å². The first kappa shape index (κ1) is 21.9. The first-order chi connectivity index (χ1) is 15.6. The molecule has 2 N–H and O–H groups in total. The van der Waals surface area contributed by atoms with E-state index in [1.165, 1.54) is 35.6 Å². The van der Waals surface area contributed by atoms with Crippen LogP contribution in [0.5, 0.6) is 5.75 Å². The molecule has 9 heteroatoms. The Balaban J connectivity index is 1.35. The molecular formula is C23H22FN3O4S. The largest absolute Gasteiger partial charge is 0.486 e. The van der Waals surface area contributed by atoms with Crippen molar-refractivity contribution in [1.82, 2.24) is 10.3 Å². The molecule has 1 aliphatic rings. The van der Waals surface area contributed by atoms with Gasteiger partial charge in [-0.05, 0) is 49.2 Å². The van der Waals surface area contributed by atoms with E-state index < -0.39 is 5.91 Å². The van der Waals surface area contributed by atoms with Gasteiger partial charge in [-0.3, -0.25) is 9.59 Å². The zero-order valence-corrected chi connectivity index (χ0v) is 18.0. The van der Waals surface area contributed by atoms with Gasteiger partial charge in [0.15, 0.2) is 0 Å². The fraction of sp³-hybridized carbons (Fsp3) is 0.261. The van der Waals surface area contributed by atoms with Gasteiger partial charge in [0.05, 0.1) is 17.4 Å². The molecule has 0 saturated carbocycles. The number of carbonyl (C=O) groups is 2. The summed E-state index contributed by atoms with van der Waals surface area (Å²) in [6.07, 6.45) is 1.96. The number of thiazole rings is 1. The fourth-order valence-electron chi connectivity index (χ4n) is 3.24. The Kier molecular flexibility index (Phi) is 7.08. The summed E-state index contributed by atoms with van der Waals surface area (Å²) in [6, 6.07) is 12.5. The summed E-state index contributed by atoms with van der Waals surface area (Å²) in [5, 5.41) is 7.85. The molecule has 1 unspecified atom stereocenters. The van der Waals surface area contributed by atoms with Crippen molar-refractivity contribution < 1.29 is 23.5 Å². The molecule has 1 aromatic heterocycles. The molecular weight excluding hydrogens is 433 g/mol. The predicted octanol–water partition coefficient (Wildman–Crippen LogP) is 4.02. The van der Waals surface area contributed by atoms with Gasteiger partial charge < -0.3 is 20.1 Å². The van der Waals surface area contributed by atoms with Gasteiger partial charge in [0.1, 0.15) is 28.9 Å². The average Bonchev–Trinajstić information content (AvgIpc) is 3.50. The monoisotopic (exact) mass is 455 g/mol. The smallest absolute Gasteiger partial charge is 0.275 e. The van der Waals surface area contributed by atoms with E-state index in [0.717, 1.165) is 19.4 Å². The van der Waals surface area contributed by atoms with Gasteiger partial charge in [-0.1, -0.05) is 12.1 Å². The molecule has 0 radical (unpaired) electrons. The third-order valence-electron chi connectivity index (χ3n) is 4.89. The van der Waals surface area contributed by atoms with Crippen LogP contribution in [0.15, 0.2) is 53.9 Å². The van der Waals surface area contributed by atoms with Gasteiger partial charge in [0.25, 0.3) is 11.8 Å². The quantitative estimate of drug-likeness (QED) is 0.536. The fourth-order valence-corrected chi connectivity index (χ4v) is 3.93. The van der Waals surface area contributed by atoms with Gasteiger partial charge in [0, 0.05) is 18.5 Å². The summed E-state index contributed by atoms with van der Waals surface area (Å²) in [4.78, 5) is 29.6. The van der Waals surface area contributed by atoms with Crippen LogP contribution in [0.4, 0.5) is 10.1 Å². The summed E-state index contributed by atoms with van der Waals surface area (Å²) in [5.74, 6) is -0.529. The van der Waals surface area contributed by atoms with E-state index in [1.807, 2.05) is 0 Å². The lowest BCUT2D eigenvalue weighted by atomic mass is 10.1. The van der Waals surface area contributed by atoms with Crippen LogP contribution in [0, 0.1) is 5.82 Å². The van der Waals surface area contributed by atoms with Crippen molar-refractivity contribution in [1.29, 1.82) is 0 Å². The Morgan fingerprint density at radius 3 is 2.75 bits per heavy atom. The van der Waals surface area contributed by atoms with Crippen LogP contribution in [-0.4, -0.2) is 36.1 Å². The highest BCUT2D eigenvalue weighted by Gasteiger charge is 2.19. The van der Waals surface area contributed by atoms with Crippen molar-refractivity contribution in [3.63, 3.8) is 0 Å². The number of nitrogens with one attached hydrogen (secondary N) is 2. The highest BCUT2D eigenvalue weighted by atomic mass is 32.1. The number of aromatic nitrogens is 1. The summed E-state index contributed by atoms with van der Waals surface area (Å²) in [5.41, 5.74) is 0.996. The molecule has 2 amide bonds. The molecule has 7 nitrogen and oxygen atoms in total. The van der Waals surface area contributed by atoms with Crippen LogP contribution in [0.25, 0.3) is 0 Å². The Morgan fingerprint density at radius 1 is 1.16 bits per heavy atom. The maximum absolute atomic E-state index is 13.0. The number of rotatable bonds is 8. The van der Waals surface area contributed by atoms with Crippen molar-refractivity contribution in [2.45, 2.75) is 25.6 Å². The topological polar surface area (TPSA) is 89.6 Å². The first-order valence-electron chi connectivity index (χ1n) is 10.2. The second kappa shape index (κ2) is 10.3. The molecule has 3 aromatic rings. The first-order valence-corrected chi connectivity index (χ1v) is 11.1. The lowest BCUT2D eigenvalue weighted by molar-refractivity contribution is 0.0858. The predicted molar refractivity (Wildman–Crippen MR) is 119 cm³/mol. The lowest BCUT2D eigenvalue weighted by Gasteiger charge is -2.13. The molecule has 1 saturated heterocycles. The SMILES string of the molecule is O=C(Nc1ccccc1C(=O)NCC1CCCO1)c1csc(COc2ccc(F)cc2)n1. The Hall–Kier alpha value is -3.30. The van der Waals surface area contributed by atoms with Crippen molar-refractivity contribution >= 4 is 28.8 Å². The number of ether oxygens (including phenoxy) is 2. The van der Waals surface area contributed by atoms with E-state index in [-0.39, 0.29) is 30.1 Å². The van der Waals surface area contributed by atoms with Gasteiger partial charge in [-0.2, -0.15) is 0 Å². The standard InChI is InChI=1S/C23H22FN3O4S/c24-15-7-9-16(10-8-15)31-13-21-26-20(14-32-21)23(29)27-19-6-2-1-5-18(19)22(28)25-12-17-4-3-11-30-17/h1-2,5-10,14,17H,3-4,11-13H2,(H,25,28)(H,27,29). The summed E-state index contributed by atoms with van der Waals surface area (Å²) in [7, 11) is 0. The van der Waals surface area contributed by atoms with Crippen molar-refractivity contribution in [3.05, 3.63) is 76.0 Å². The molecule has 2 heterocycles. The second-order valence-corrected chi connectivity index (χ2v) is 8.16. The minimum Gasteiger partial charge on any atom is -0.486 e. The van der Waals surface area contributed by atoms with E-state index in [4.69, 9.17) is 9.47 Å². The minimum atomic E-state index is -0.423. The number of benzene rings is 2. The van der Waals surface area contributed by atoms with Crippen molar-refractivity contribution in [2.24, 2.45) is 0 Å². The molecule has 166 valence electrons. The van der Waals surface area contributed by atoms with Crippen LogP contribution in [0.3, 0.4) is 0 Å². The average molecular weight is 456 g/mol. The summed E-state index contributed by atoms with van der Waals surface area (Å²) >= 11 is 1.28. The third-order valence-corrected chi connectivity index (χ3v) is 5.72. The highest BCUT2D eigenvalue weighted by molar-refractivity contribution is 7.09. The molecule has 1 atom stereocenters. The second-order valence-electron chi connectivity index (χ2n) is 7.21. The number of anilines is 1. The van der Waals surface area contributed by atoms with E-state index in [9.17, 15) is 14.0 Å². The summed E-state index contributed by atoms with van der Waals surface area (Å²) < 4.78 is 24.1. The zero-order chi connectivity index (χ0) is 22.3. The van der Waals surface area contributed by atoms with E-state index >= 15 is 0 Å². The van der Waals surface area contributed by atoms with Gasteiger partial charge in [-0.15, -0.1) is 11.3 Å². The van der Waals surface area contributed by atoms with Crippen molar-refractivity contribution in [2.75, 3.05) is 18.5 Å². The number of halogens is 1.